The molecule has 0 aliphatic heterocycles. The van der Waals surface area contributed by atoms with E-state index in [1.807, 2.05) is 6.92 Å². The summed E-state index contributed by atoms with van der Waals surface area (Å²) in [7, 11) is 0. The lowest BCUT2D eigenvalue weighted by molar-refractivity contribution is 0.297. The van der Waals surface area contributed by atoms with Crippen LogP contribution in [0.15, 0.2) is 12.4 Å². The number of hydrogen-bond donors (Lipinski definition) is 0. The lowest BCUT2D eigenvalue weighted by Crippen LogP contribution is -1.99. The molecule has 72 valence electrons. The minimum Gasteiger partial charge on any atom is -0.490 e. The van der Waals surface area contributed by atoms with E-state index in [0.717, 1.165) is 6.42 Å². The first-order valence-corrected chi connectivity index (χ1v) is 4.44. The molecule has 0 fully saturated rings. The fraction of sp³-hybridized carbons (Fsp3) is 0.556. The zero-order valence-corrected chi connectivity index (χ0v) is 7.99. The third-order valence-electron chi connectivity index (χ3n) is 1.35. The Morgan fingerprint density at radius 2 is 1.85 bits per heavy atom. The maximum Gasteiger partial charge on any atom is 0.316 e. The van der Waals surface area contributed by atoms with E-state index in [1.165, 1.54) is 0 Å². The van der Waals surface area contributed by atoms with Crippen molar-refractivity contribution in [2.24, 2.45) is 0 Å². The van der Waals surface area contributed by atoms with Crippen LogP contribution < -0.4 is 9.47 Å². The fourth-order valence-electron chi connectivity index (χ4n) is 0.802. The van der Waals surface area contributed by atoms with Crippen molar-refractivity contribution in [3.8, 4) is 11.8 Å². The molecule has 4 heteroatoms. The van der Waals surface area contributed by atoms with Crippen LogP contribution in [0.4, 0.5) is 0 Å². The molecule has 0 N–H and O–H groups in total. The summed E-state index contributed by atoms with van der Waals surface area (Å²) in [6, 6.07) is 0.395. The van der Waals surface area contributed by atoms with Crippen molar-refractivity contribution in [2.75, 3.05) is 13.2 Å². The van der Waals surface area contributed by atoms with E-state index in [4.69, 9.17) is 9.47 Å². The number of rotatable bonds is 5. The molecule has 13 heavy (non-hydrogen) atoms. The molecule has 0 saturated carbocycles. The Labute approximate surface area is 77.9 Å². The molecule has 0 aliphatic carbocycles. The monoisotopic (exact) mass is 182 g/mol. The van der Waals surface area contributed by atoms with E-state index in [2.05, 4.69) is 16.9 Å². The van der Waals surface area contributed by atoms with Crippen LogP contribution in [-0.2, 0) is 0 Å². The number of hydrogen-bond acceptors (Lipinski definition) is 4. The number of nitrogens with zero attached hydrogens (tertiary/aromatic N) is 2. The van der Waals surface area contributed by atoms with Crippen molar-refractivity contribution in [1.29, 1.82) is 0 Å². The van der Waals surface area contributed by atoms with Gasteiger partial charge in [0, 0.05) is 0 Å². The second-order valence-electron chi connectivity index (χ2n) is 2.48. The standard InChI is InChI=1S/C9H14N2O2/c1-3-5-13-8-6-10-9(11-7-8)12-4-2/h6-7H,3-5H2,1-2H3. The molecule has 0 spiro atoms. The predicted octanol–water partition coefficient (Wildman–Crippen LogP) is 1.66. The van der Waals surface area contributed by atoms with Gasteiger partial charge in [0.2, 0.25) is 0 Å². The predicted molar refractivity (Wildman–Crippen MR) is 49.0 cm³/mol. The topological polar surface area (TPSA) is 44.2 Å². The minimum absolute atomic E-state index is 0.395. The van der Waals surface area contributed by atoms with E-state index >= 15 is 0 Å². The van der Waals surface area contributed by atoms with Gasteiger partial charge in [0.1, 0.15) is 0 Å². The minimum atomic E-state index is 0.395. The van der Waals surface area contributed by atoms with Crippen LogP contribution in [0.25, 0.3) is 0 Å². The second kappa shape index (κ2) is 5.35. The van der Waals surface area contributed by atoms with Crippen LogP contribution in [0.3, 0.4) is 0 Å². The third-order valence-corrected chi connectivity index (χ3v) is 1.35. The molecular formula is C9H14N2O2. The van der Waals surface area contributed by atoms with Crippen LogP contribution in [0.5, 0.6) is 11.8 Å². The summed E-state index contributed by atoms with van der Waals surface area (Å²) >= 11 is 0. The molecule has 1 aromatic rings. The van der Waals surface area contributed by atoms with Crippen molar-refractivity contribution in [1.82, 2.24) is 9.97 Å². The first kappa shape index (κ1) is 9.77. The Hall–Kier alpha value is -1.32. The molecule has 1 aromatic heterocycles. The maximum absolute atomic E-state index is 5.31. The molecule has 1 rings (SSSR count). The molecule has 4 nitrogen and oxygen atoms in total. The van der Waals surface area contributed by atoms with Gasteiger partial charge < -0.3 is 9.47 Å². The van der Waals surface area contributed by atoms with Gasteiger partial charge in [-0.3, -0.25) is 0 Å². The summed E-state index contributed by atoms with van der Waals surface area (Å²) in [5.41, 5.74) is 0. The quantitative estimate of drug-likeness (QED) is 0.694. The average molecular weight is 182 g/mol. The lowest BCUT2D eigenvalue weighted by Gasteiger charge is -2.03. The van der Waals surface area contributed by atoms with Crippen molar-refractivity contribution in [3.05, 3.63) is 12.4 Å². The van der Waals surface area contributed by atoms with Gasteiger partial charge in [-0.15, -0.1) is 0 Å². The first-order valence-electron chi connectivity index (χ1n) is 4.44. The van der Waals surface area contributed by atoms with Gasteiger partial charge in [0.05, 0.1) is 25.6 Å². The molecular weight excluding hydrogens is 168 g/mol. The highest BCUT2D eigenvalue weighted by atomic mass is 16.5. The van der Waals surface area contributed by atoms with Gasteiger partial charge in [0.15, 0.2) is 5.75 Å². The third kappa shape index (κ3) is 3.27. The van der Waals surface area contributed by atoms with Crippen LogP contribution >= 0.6 is 0 Å². The summed E-state index contributed by atoms with van der Waals surface area (Å²) in [5, 5.41) is 0. The molecule has 0 atom stereocenters. The Bertz CT molecular complexity index is 236. The Kier molecular flexibility index (Phi) is 4.02. The van der Waals surface area contributed by atoms with E-state index in [0.29, 0.717) is 25.0 Å². The summed E-state index contributed by atoms with van der Waals surface area (Å²) in [4.78, 5) is 7.93. The van der Waals surface area contributed by atoms with E-state index in [1.54, 1.807) is 12.4 Å². The smallest absolute Gasteiger partial charge is 0.316 e. The SMILES string of the molecule is CCCOc1cnc(OCC)nc1. The lowest BCUT2D eigenvalue weighted by atomic mass is 10.5. The molecule has 0 bridgehead atoms. The summed E-state index contributed by atoms with van der Waals surface area (Å²) < 4.78 is 10.4. The van der Waals surface area contributed by atoms with E-state index < -0.39 is 0 Å². The molecule has 1 heterocycles. The number of ether oxygens (including phenoxy) is 2. The largest absolute Gasteiger partial charge is 0.490 e. The Morgan fingerprint density at radius 3 is 2.38 bits per heavy atom. The van der Waals surface area contributed by atoms with E-state index in [-0.39, 0.29) is 0 Å². The molecule has 0 aliphatic rings. The highest BCUT2D eigenvalue weighted by Gasteiger charge is 1.97. The van der Waals surface area contributed by atoms with Gasteiger partial charge in [-0.2, -0.15) is 9.97 Å². The Balaban J connectivity index is 2.48. The van der Waals surface area contributed by atoms with Crippen LogP contribution in [-0.4, -0.2) is 23.2 Å². The van der Waals surface area contributed by atoms with Crippen LogP contribution in [0.2, 0.25) is 0 Å². The first-order chi connectivity index (χ1) is 6.36. The zero-order chi connectivity index (χ0) is 9.52. The molecule has 0 amide bonds. The fourth-order valence-corrected chi connectivity index (χ4v) is 0.802. The molecule has 0 unspecified atom stereocenters. The molecule has 0 aromatic carbocycles. The number of aromatic nitrogens is 2. The highest BCUT2D eigenvalue weighted by molar-refractivity contribution is 5.13. The van der Waals surface area contributed by atoms with Crippen molar-refractivity contribution in [3.63, 3.8) is 0 Å². The average Bonchev–Trinajstić information content (AvgIpc) is 2.17. The summed E-state index contributed by atoms with van der Waals surface area (Å²) in [6.07, 6.45) is 4.22. The summed E-state index contributed by atoms with van der Waals surface area (Å²) in [5.74, 6) is 0.685. The van der Waals surface area contributed by atoms with Gasteiger partial charge in [-0.25, -0.2) is 0 Å². The molecule has 0 radical (unpaired) electrons. The second-order valence-corrected chi connectivity index (χ2v) is 2.48. The maximum atomic E-state index is 5.31. The van der Waals surface area contributed by atoms with Crippen molar-refractivity contribution in [2.45, 2.75) is 20.3 Å². The van der Waals surface area contributed by atoms with Crippen LogP contribution in [0.1, 0.15) is 20.3 Å². The Morgan fingerprint density at radius 1 is 1.15 bits per heavy atom. The van der Waals surface area contributed by atoms with E-state index in [9.17, 15) is 0 Å². The van der Waals surface area contributed by atoms with Gasteiger partial charge in [0.25, 0.3) is 0 Å². The highest BCUT2D eigenvalue weighted by Crippen LogP contribution is 2.09. The van der Waals surface area contributed by atoms with Crippen molar-refractivity contribution < 1.29 is 9.47 Å². The molecule has 0 saturated heterocycles. The summed E-state index contributed by atoms with van der Waals surface area (Å²) in [6.45, 7) is 5.22. The van der Waals surface area contributed by atoms with Crippen molar-refractivity contribution >= 4 is 0 Å². The van der Waals surface area contributed by atoms with Gasteiger partial charge in [-0.1, -0.05) is 6.92 Å². The van der Waals surface area contributed by atoms with Crippen LogP contribution in [0, 0.1) is 0 Å². The van der Waals surface area contributed by atoms with Gasteiger partial charge >= 0.3 is 6.01 Å². The zero-order valence-electron chi connectivity index (χ0n) is 7.99. The van der Waals surface area contributed by atoms with Gasteiger partial charge in [-0.05, 0) is 13.3 Å². The normalized spacial score (nSPS) is 9.69.